The van der Waals surface area contributed by atoms with Crippen LogP contribution in [0.15, 0.2) is 18.2 Å². The summed E-state index contributed by atoms with van der Waals surface area (Å²) in [6, 6.07) is 5.19. The van der Waals surface area contributed by atoms with Crippen LogP contribution in [-0.2, 0) is 9.59 Å². The summed E-state index contributed by atoms with van der Waals surface area (Å²) in [6.45, 7) is 2.33. The van der Waals surface area contributed by atoms with Crippen molar-refractivity contribution in [2.45, 2.75) is 44.1 Å². The van der Waals surface area contributed by atoms with Gasteiger partial charge in [0.15, 0.2) is 0 Å². The van der Waals surface area contributed by atoms with Crippen molar-refractivity contribution >= 4 is 17.7 Å². The summed E-state index contributed by atoms with van der Waals surface area (Å²) in [5.74, 6) is 0.846. The molecule has 0 aromatic heterocycles. The average Bonchev–Trinajstić information content (AvgIpc) is 3.00. The second-order valence-electron chi connectivity index (χ2n) is 8.82. The van der Waals surface area contributed by atoms with Crippen LogP contribution in [0.25, 0.3) is 0 Å². The molecular formula is C23H31N3O5. The zero-order chi connectivity index (χ0) is 22.0. The van der Waals surface area contributed by atoms with Gasteiger partial charge in [-0.05, 0) is 43.9 Å². The number of nitrogens with zero attached hydrogens (tertiary/aromatic N) is 3. The maximum atomic E-state index is 13.5. The fraction of sp³-hybridized carbons (Fsp3) is 0.609. The van der Waals surface area contributed by atoms with Crippen molar-refractivity contribution in [1.29, 1.82) is 0 Å². The molecule has 4 rings (SSSR count). The molecule has 2 saturated heterocycles. The standard InChI is InChI=1S/C23H31N3O5/c1-24-13-10-23(9-8-20(24)27)16-26(15-21(28)25-11-4-3-5-12-25)22(29)18-14-17(30-2)6-7-19(18)31-23/h6-7,14H,3-5,8-13,15-16H2,1-2H3. The lowest BCUT2D eigenvalue weighted by atomic mass is 9.93. The molecule has 8 heteroatoms. The van der Waals surface area contributed by atoms with Crippen LogP contribution in [0, 0.1) is 0 Å². The number of ether oxygens (including phenoxy) is 2. The van der Waals surface area contributed by atoms with E-state index in [9.17, 15) is 14.4 Å². The van der Waals surface area contributed by atoms with E-state index >= 15 is 0 Å². The number of likely N-dealkylation sites (tertiary alicyclic amines) is 2. The topological polar surface area (TPSA) is 79.4 Å². The van der Waals surface area contributed by atoms with E-state index in [4.69, 9.17) is 9.47 Å². The third-order valence-electron chi connectivity index (χ3n) is 6.67. The van der Waals surface area contributed by atoms with Crippen LogP contribution in [-0.4, -0.2) is 84.9 Å². The van der Waals surface area contributed by atoms with Gasteiger partial charge in [-0.25, -0.2) is 0 Å². The number of rotatable bonds is 3. The second-order valence-corrected chi connectivity index (χ2v) is 8.82. The Labute approximate surface area is 183 Å². The summed E-state index contributed by atoms with van der Waals surface area (Å²) in [6.07, 6.45) is 4.59. The number of hydrogen-bond donors (Lipinski definition) is 0. The first-order valence-corrected chi connectivity index (χ1v) is 11.1. The fourth-order valence-electron chi connectivity index (χ4n) is 4.69. The lowest BCUT2D eigenvalue weighted by Crippen LogP contribution is -2.51. The zero-order valence-corrected chi connectivity index (χ0v) is 18.4. The van der Waals surface area contributed by atoms with Crippen molar-refractivity contribution in [2.75, 3.05) is 46.9 Å². The monoisotopic (exact) mass is 429 g/mol. The van der Waals surface area contributed by atoms with Crippen LogP contribution in [0.1, 0.15) is 48.9 Å². The molecule has 0 aliphatic carbocycles. The number of hydrogen-bond acceptors (Lipinski definition) is 5. The molecule has 2 fully saturated rings. The third kappa shape index (κ3) is 4.48. The molecule has 0 saturated carbocycles. The molecule has 3 amide bonds. The lowest BCUT2D eigenvalue weighted by Gasteiger charge is -2.36. The Kier molecular flexibility index (Phi) is 6.07. The largest absolute Gasteiger partial charge is 0.497 e. The molecule has 3 heterocycles. The van der Waals surface area contributed by atoms with Crippen LogP contribution in [0.2, 0.25) is 0 Å². The van der Waals surface area contributed by atoms with Crippen molar-refractivity contribution in [3.05, 3.63) is 23.8 Å². The number of amides is 3. The van der Waals surface area contributed by atoms with Crippen LogP contribution >= 0.6 is 0 Å². The number of benzene rings is 1. The highest BCUT2D eigenvalue weighted by molar-refractivity contribution is 5.99. The fourth-order valence-corrected chi connectivity index (χ4v) is 4.69. The highest BCUT2D eigenvalue weighted by Gasteiger charge is 2.43. The Morgan fingerprint density at radius 1 is 1.13 bits per heavy atom. The van der Waals surface area contributed by atoms with Gasteiger partial charge in [-0.3, -0.25) is 14.4 Å². The van der Waals surface area contributed by atoms with Crippen molar-refractivity contribution in [3.8, 4) is 11.5 Å². The van der Waals surface area contributed by atoms with E-state index in [-0.39, 0.29) is 30.8 Å². The molecule has 1 aromatic rings. The highest BCUT2D eigenvalue weighted by Crippen LogP contribution is 2.37. The molecule has 3 aliphatic heterocycles. The first kappa shape index (κ1) is 21.5. The van der Waals surface area contributed by atoms with E-state index in [0.717, 1.165) is 32.4 Å². The van der Waals surface area contributed by atoms with Crippen LogP contribution in [0.4, 0.5) is 0 Å². The van der Waals surface area contributed by atoms with Gasteiger partial charge in [0.25, 0.3) is 5.91 Å². The van der Waals surface area contributed by atoms with Gasteiger partial charge in [-0.1, -0.05) is 0 Å². The lowest BCUT2D eigenvalue weighted by molar-refractivity contribution is -0.133. The zero-order valence-electron chi connectivity index (χ0n) is 18.4. The quantitative estimate of drug-likeness (QED) is 0.734. The number of fused-ring (bicyclic) bond motifs is 1. The predicted molar refractivity (Wildman–Crippen MR) is 114 cm³/mol. The van der Waals surface area contributed by atoms with Crippen molar-refractivity contribution in [1.82, 2.24) is 14.7 Å². The third-order valence-corrected chi connectivity index (χ3v) is 6.67. The van der Waals surface area contributed by atoms with Gasteiger partial charge in [0.2, 0.25) is 11.8 Å². The molecule has 0 bridgehead atoms. The summed E-state index contributed by atoms with van der Waals surface area (Å²) in [5, 5.41) is 0. The average molecular weight is 430 g/mol. The van der Waals surface area contributed by atoms with Crippen molar-refractivity contribution < 1.29 is 23.9 Å². The van der Waals surface area contributed by atoms with Crippen molar-refractivity contribution in [3.63, 3.8) is 0 Å². The molecule has 1 atom stereocenters. The van der Waals surface area contributed by atoms with E-state index in [1.807, 2.05) is 4.90 Å². The molecular weight excluding hydrogens is 398 g/mol. The van der Waals surface area contributed by atoms with Crippen LogP contribution in [0.5, 0.6) is 11.5 Å². The smallest absolute Gasteiger partial charge is 0.258 e. The normalized spacial score (nSPS) is 24.4. The number of methoxy groups -OCH3 is 1. The molecule has 1 spiro atoms. The van der Waals surface area contributed by atoms with E-state index in [1.54, 1.807) is 42.2 Å². The van der Waals surface area contributed by atoms with Gasteiger partial charge in [0, 0.05) is 39.5 Å². The number of carbonyl (C=O) groups excluding carboxylic acids is 3. The van der Waals surface area contributed by atoms with Crippen LogP contribution < -0.4 is 9.47 Å². The van der Waals surface area contributed by atoms with E-state index in [1.165, 1.54) is 0 Å². The predicted octanol–water partition coefficient (Wildman–Crippen LogP) is 1.92. The van der Waals surface area contributed by atoms with Gasteiger partial charge in [0.05, 0.1) is 19.2 Å². The number of carbonyl (C=O) groups is 3. The molecule has 0 radical (unpaired) electrons. The minimum atomic E-state index is -0.710. The first-order valence-electron chi connectivity index (χ1n) is 11.1. The Balaban J connectivity index is 1.66. The molecule has 8 nitrogen and oxygen atoms in total. The summed E-state index contributed by atoms with van der Waals surface area (Å²) < 4.78 is 11.8. The Bertz CT molecular complexity index is 867. The van der Waals surface area contributed by atoms with Gasteiger partial charge >= 0.3 is 0 Å². The van der Waals surface area contributed by atoms with Crippen molar-refractivity contribution in [2.24, 2.45) is 0 Å². The Hall–Kier alpha value is -2.77. The van der Waals surface area contributed by atoms with Gasteiger partial charge in [-0.15, -0.1) is 0 Å². The maximum Gasteiger partial charge on any atom is 0.258 e. The van der Waals surface area contributed by atoms with Gasteiger partial charge in [-0.2, -0.15) is 0 Å². The summed E-state index contributed by atoms with van der Waals surface area (Å²) in [4.78, 5) is 44.0. The van der Waals surface area contributed by atoms with Gasteiger partial charge in [0.1, 0.15) is 23.6 Å². The maximum absolute atomic E-state index is 13.5. The van der Waals surface area contributed by atoms with E-state index in [2.05, 4.69) is 0 Å². The molecule has 0 N–H and O–H groups in total. The Morgan fingerprint density at radius 3 is 2.65 bits per heavy atom. The highest BCUT2D eigenvalue weighted by atomic mass is 16.5. The molecule has 1 unspecified atom stereocenters. The molecule has 168 valence electrons. The minimum Gasteiger partial charge on any atom is -0.497 e. The van der Waals surface area contributed by atoms with E-state index in [0.29, 0.717) is 42.9 Å². The van der Waals surface area contributed by atoms with Crippen LogP contribution in [0.3, 0.4) is 0 Å². The molecule has 1 aromatic carbocycles. The first-order chi connectivity index (χ1) is 14.9. The summed E-state index contributed by atoms with van der Waals surface area (Å²) in [5.41, 5.74) is -0.315. The second kappa shape index (κ2) is 8.77. The van der Waals surface area contributed by atoms with E-state index < -0.39 is 5.60 Å². The SMILES string of the molecule is COc1ccc2c(c1)C(=O)N(CC(=O)N1CCCCC1)CC1(CCC(=O)N(C)CC1)O2. The minimum absolute atomic E-state index is 0.0182. The summed E-state index contributed by atoms with van der Waals surface area (Å²) in [7, 11) is 3.34. The Morgan fingerprint density at radius 2 is 1.90 bits per heavy atom. The molecule has 3 aliphatic rings. The summed E-state index contributed by atoms with van der Waals surface area (Å²) >= 11 is 0. The van der Waals surface area contributed by atoms with Gasteiger partial charge < -0.3 is 24.2 Å². The molecule has 31 heavy (non-hydrogen) atoms. The number of piperidine rings is 1.